The van der Waals surface area contributed by atoms with Gasteiger partial charge >= 0.3 is 12.0 Å². The molecule has 1 aliphatic rings. The van der Waals surface area contributed by atoms with Crippen molar-refractivity contribution in [2.75, 3.05) is 13.7 Å². The number of hydrogen-bond acceptors (Lipinski definition) is 3. The Balaban J connectivity index is 2.67. The van der Waals surface area contributed by atoms with Crippen LogP contribution in [0.5, 0.6) is 0 Å². The predicted octanol–water partition coefficient (Wildman–Crippen LogP) is 1.74. The molecular formula is C14H26N2O4. The first-order valence-electron chi connectivity index (χ1n) is 7.03. The van der Waals surface area contributed by atoms with Crippen LogP contribution in [-0.4, -0.2) is 41.9 Å². The molecule has 0 aromatic heterocycles. The summed E-state index contributed by atoms with van der Waals surface area (Å²) in [4.78, 5) is 23.6. The van der Waals surface area contributed by atoms with E-state index in [1.165, 1.54) is 0 Å². The number of amides is 2. The average Bonchev–Trinajstić information content (AvgIpc) is 2.31. The number of methoxy groups -OCH3 is 1. The van der Waals surface area contributed by atoms with Crippen LogP contribution in [0.25, 0.3) is 0 Å². The van der Waals surface area contributed by atoms with Crippen molar-refractivity contribution < 1.29 is 19.4 Å². The number of urea groups is 1. The van der Waals surface area contributed by atoms with Crippen LogP contribution in [0.4, 0.5) is 4.79 Å². The third kappa shape index (κ3) is 4.37. The quantitative estimate of drug-likeness (QED) is 0.718. The summed E-state index contributed by atoms with van der Waals surface area (Å²) in [5.41, 5.74) is -1.68. The molecule has 1 rings (SSSR count). The second-order valence-corrected chi connectivity index (χ2v) is 6.47. The van der Waals surface area contributed by atoms with Crippen LogP contribution in [0.1, 0.15) is 46.5 Å². The fourth-order valence-electron chi connectivity index (χ4n) is 2.60. The van der Waals surface area contributed by atoms with Crippen molar-refractivity contribution in [2.45, 2.75) is 57.5 Å². The standard InChI is InChI=1S/C14H26N2O4/c1-10-5-7-14(8-6-10,11(17)18)16-12(19)15-13(2,3)9-20-4/h10H,5-9H2,1-4H3,(H,17,18)(H2,15,16,19). The summed E-state index contributed by atoms with van der Waals surface area (Å²) in [6, 6.07) is -0.455. The van der Waals surface area contributed by atoms with Crippen LogP contribution in [-0.2, 0) is 9.53 Å². The zero-order chi connectivity index (χ0) is 15.4. The lowest BCUT2D eigenvalue weighted by molar-refractivity contribution is -0.146. The third-order valence-electron chi connectivity index (χ3n) is 3.85. The van der Waals surface area contributed by atoms with Gasteiger partial charge < -0.3 is 20.5 Å². The van der Waals surface area contributed by atoms with E-state index in [0.29, 0.717) is 25.4 Å². The largest absolute Gasteiger partial charge is 0.480 e. The lowest BCUT2D eigenvalue weighted by Crippen LogP contribution is -2.61. The van der Waals surface area contributed by atoms with Gasteiger partial charge in [-0.3, -0.25) is 0 Å². The molecule has 0 aliphatic heterocycles. The minimum Gasteiger partial charge on any atom is -0.480 e. The first kappa shape index (κ1) is 16.8. The van der Waals surface area contributed by atoms with E-state index in [2.05, 4.69) is 17.6 Å². The molecule has 0 heterocycles. The summed E-state index contributed by atoms with van der Waals surface area (Å²) < 4.78 is 5.03. The highest BCUT2D eigenvalue weighted by molar-refractivity contribution is 5.86. The lowest BCUT2D eigenvalue weighted by atomic mass is 9.77. The van der Waals surface area contributed by atoms with E-state index in [9.17, 15) is 14.7 Å². The van der Waals surface area contributed by atoms with E-state index in [1.54, 1.807) is 7.11 Å². The summed E-state index contributed by atoms with van der Waals surface area (Å²) >= 11 is 0. The molecule has 0 unspecified atom stereocenters. The van der Waals surface area contributed by atoms with Crippen LogP contribution in [0.3, 0.4) is 0 Å². The van der Waals surface area contributed by atoms with Crippen molar-refractivity contribution in [3.05, 3.63) is 0 Å². The van der Waals surface area contributed by atoms with Gasteiger partial charge in [0.25, 0.3) is 0 Å². The van der Waals surface area contributed by atoms with Crippen molar-refractivity contribution in [1.29, 1.82) is 0 Å². The van der Waals surface area contributed by atoms with Gasteiger partial charge in [0.05, 0.1) is 12.1 Å². The van der Waals surface area contributed by atoms with E-state index in [-0.39, 0.29) is 0 Å². The Labute approximate surface area is 120 Å². The molecule has 0 aromatic carbocycles. The fourth-order valence-corrected chi connectivity index (χ4v) is 2.60. The minimum atomic E-state index is -1.14. The molecule has 0 atom stereocenters. The molecule has 0 bridgehead atoms. The molecule has 0 saturated heterocycles. The summed E-state index contributed by atoms with van der Waals surface area (Å²) in [5.74, 6) is -0.443. The number of carboxylic acid groups (broad SMARTS) is 1. The van der Waals surface area contributed by atoms with Gasteiger partial charge in [-0.2, -0.15) is 0 Å². The van der Waals surface area contributed by atoms with Gasteiger partial charge in [-0.15, -0.1) is 0 Å². The molecule has 0 radical (unpaired) electrons. The first-order chi connectivity index (χ1) is 9.21. The van der Waals surface area contributed by atoms with Crippen LogP contribution >= 0.6 is 0 Å². The first-order valence-corrected chi connectivity index (χ1v) is 7.03. The topological polar surface area (TPSA) is 87.7 Å². The normalized spacial score (nSPS) is 26.9. The van der Waals surface area contributed by atoms with Crippen molar-refractivity contribution in [3.8, 4) is 0 Å². The van der Waals surface area contributed by atoms with E-state index >= 15 is 0 Å². The van der Waals surface area contributed by atoms with Gasteiger partial charge in [0, 0.05) is 7.11 Å². The smallest absolute Gasteiger partial charge is 0.329 e. The van der Waals surface area contributed by atoms with E-state index in [0.717, 1.165) is 12.8 Å². The maximum Gasteiger partial charge on any atom is 0.329 e. The van der Waals surface area contributed by atoms with Gasteiger partial charge in [-0.05, 0) is 45.4 Å². The molecule has 2 amide bonds. The van der Waals surface area contributed by atoms with Gasteiger partial charge in [0.15, 0.2) is 0 Å². The molecule has 1 aliphatic carbocycles. The van der Waals surface area contributed by atoms with Crippen LogP contribution < -0.4 is 10.6 Å². The van der Waals surface area contributed by atoms with Gasteiger partial charge in [-0.25, -0.2) is 9.59 Å². The van der Waals surface area contributed by atoms with Crippen LogP contribution in [0.2, 0.25) is 0 Å². The Morgan fingerprint density at radius 3 is 2.35 bits per heavy atom. The third-order valence-corrected chi connectivity index (χ3v) is 3.85. The van der Waals surface area contributed by atoms with Crippen molar-refractivity contribution in [1.82, 2.24) is 10.6 Å². The zero-order valence-corrected chi connectivity index (χ0v) is 12.8. The molecule has 1 saturated carbocycles. The Hall–Kier alpha value is -1.30. The SMILES string of the molecule is COCC(C)(C)NC(=O)NC1(C(=O)O)CCC(C)CC1. The van der Waals surface area contributed by atoms with E-state index < -0.39 is 23.1 Å². The number of rotatable bonds is 5. The second-order valence-electron chi connectivity index (χ2n) is 6.47. The monoisotopic (exact) mass is 286 g/mol. The highest BCUT2D eigenvalue weighted by Crippen LogP contribution is 2.32. The Bertz CT molecular complexity index is 360. The van der Waals surface area contributed by atoms with Crippen LogP contribution in [0.15, 0.2) is 0 Å². The van der Waals surface area contributed by atoms with Crippen molar-refractivity contribution in [3.63, 3.8) is 0 Å². The molecular weight excluding hydrogens is 260 g/mol. The van der Waals surface area contributed by atoms with Gasteiger partial charge in [0.1, 0.15) is 5.54 Å². The molecule has 3 N–H and O–H groups in total. The number of carbonyl (C=O) groups excluding carboxylic acids is 1. The predicted molar refractivity (Wildman–Crippen MR) is 75.6 cm³/mol. The lowest BCUT2D eigenvalue weighted by Gasteiger charge is -2.37. The second kappa shape index (κ2) is 6.43. The Morgan fingerprint density at radius 1 is 1.35 bits per heavy atom. The zero-order valence-electron chi connectivity index (χ0n) is 12.8. The van der Waals surface area contributed by atoms with Gasteiger partial charge in [-0.1, -0.05) is 6.92 Å². The van der Waals surface area contributed by atoms with Crippen LogP contribution in [0, 0.1) is 5.92 Å². The number of aliphatic carboxylic acids is 1. The summed E-state index contributed by atoms with van der Waals surface area (Å²) in [6.07, 6.45) is 2.57. The number of hydrogen-bond donors (Lipinski definition) is 3. The summed E-state index contributed by atoms with van der Waals surface area (Å²) in [7, 11) is 1.56. The van der Waals surface area contributed by atoms with Gasteiger partial charge in [0.2, 0.25) is 0 Å². The minimum absolute atomic E-state index is 0.359. The number of nitrogens with one attached hydrogen (secondary N) is 2. The number of carbonyl (C=O) groups is 2. The summed E-state index contributed by atoms with van der Waals surface area (Å²) in [5, 5.41) is 14.9. The maximum absolute atomic E-state index is 12.1. The van der Waals surface area contributed by atoms with E-state index in [4.69, 9.17) is 4.74 Å². The molecule has 1 fully saturated rings. The number of ether oxygens (including phenoxy) is 1. The fraction of sp³-hybridized carbons (Fsp3) is 0.857. The average molecular weight is 286 g/mol. The maximum atomic E-state index is 12.1. The highest BCUT2D eigenvalue weighted by Gasteiger charge is 2.43. The van der Waals surface area contributed by atoms with Crippen molar-refractivity contribution in [2.24, 2.45) is 5.92 Å². The molecule has 20 heavy (non-hydrogen) atoms. The molecule has 0 spiro atoms. The molecule has 6 nitrogen and oxygen atoms in total. The number of carboxylic acids is 1. The van der Waals surface area contributed by atoms with E-state index in [1.807, 2.05) is 13.8 Å². The molecule has 0 aromatic rings. The molecule has 6 heteroatoms. The Morgan fingerprint density at radius 2 is 1.90 bits per heavy atom. The highest BCUT2D eigenvalue weighted by atomic mass is 16.5. The van der Waals surface area contributed by atoms with Crippen molar-refractivity contribution >= 4 is 12.0 Å². The summed E-state index contributed by atoms with van der Waals surface area (Å²) in [6.45, 7) is 6.12. The Kier molecular flexibility index (Phi) is 5.39. The molecule has 116 valence electrons.